The van der Waals surface area contributed by atoms with Crippen LogP contribution in [0.25, 0.3) is 22.5 Å². The fourth-order valence-electron chi connectivity index (χ4n) is 4.50. The number of halogens is 2. The van der Waals surface area contributed by atoms with Crippen molar-refractivity contribution in [2.24, 2.45) is 0 Å². The van der Waals surface area contributed by atoms with Gasteiger partial charge in [0.05, 0.1) is 18.5 Å². The molecule has 0 spiro atoms. The molecule has 11 heteroatoms. The smallest absolute Gasteiger partial charge is 0.261 e. The van der Waals surface area contributed by atoms with Gasteiger partial charge in [0, 0.05) is 54.5 Å². The number of hydrogen-bond donors (Lipinski definition) is 0. The van der Waals surface area contributed by atoms with Crippen molar-refractivity contribution in [2.75, 3.05) is 13.2 Å². The van der Waals surface area contributed by atoms with Crippen molar-refractivity contribution >= 4 is 30.9 Å². The Bertz CT molecular complexity index is 1660. The zero-order valence-corrected chi connectivity index (χ0v) is 25.1. The van der Waals surface area contributed by atoms with Gasteiger partial charge in [-0.05, 0) is 56.2 Å². The van der Waals surface area contributed by atoms with Crippen LogP contribution < -0.4 is 5.56 Å². The number of nitrogens with zero attached hydrogens (tertiary/aromatic N) is 5. The summed E-state index contributed by atoms with van der Waals surface area (Å²) >= 11 is 6.01. The normalized spacial score (nSPS) is 16.0. The van der Waals surface area contributed by atoms with Gasteiger partial charge in [0.15, 0.2) is 5.65 Å². The van der Waals surface area contributed by atoms with Crippen LogP contribution in [-0.2, 0) is 16.2 Å². The lowest BCUT2D eigenvalue weighted by Gasteiger charge is -2.22. The van der Waals surface area contributed by atoms with E-state index >= 15 is 4.39 Å². The lowest BCUT2D eigenvalue weighted by molar-refractivity contribution is 0.0757. The van der Waals surface area contributed by atoms with Gasteiger partial charge in [-0.15, -0.1) is 0 Å². The van der Waals surface area contributed by atoms with Gasteiger partial charge in [-0.25, -0.2) is 19.0 Å². The first-order valence-corrected chi connectivity index (χ1v) is 17.4. The highest BCUT2D eigenvalue weighted by Crippen LogP contribution is 2.33. The van der Waals surface area contributed by atoms with Gasteiger partial charge in [0.1, 0.15) is 24.3 Å². The van der Waals surface area contributed by atoms with Crippen LogP contribution in [0.5, 0.6) is 0 Å². The molecular formula is C29H33ClFN5O3Si. The maximum absolute atomic E-state index is 15.1. The number of rotatable bonds is 8. The molecule has 210 valence electrons. The summed E-state index contributed by atoms with van der Waals surface area (Å²) in [5, 5.41) is 4.71. The molecule has 1 unspecified atom stereocenters. The standard InChI is InChI=1S/C29H33ClFN5O3Si/c1-18-19(2)33-28-27(23-7-6-22(30)13-24(23)31)34-25(16-36(28)29(18)37)20-8-9-39-26(12-20)21-14-32-35(15-21)17-38-10-11-40(3,4)5/h6-7,12-16,26H,8-11,17H2,1-5H3. The van der Waals surface area contributed by atoms with Crippen molar-refractivity contribution in [3.8, 4) is 11.3 Å². The van der Waals surface area contributed by atoms with Crippen LogP contribution in [0.2, 0.25) is 30.7 Å². The minimum Gasteiger partial charge on any atom is -0.369 e. The van der Waals surface area contributed by atoms with Crippen molar-refractivity contribution in [3.05, 3.63) is 86.6 Å². The molecule has 0 saturated heterocycles. The summed E-state index contributed by atoms with van der Waals surface area (Å²) in [6.07, 6.45) is 7.59. The maximum Gasteiger partial charge on any atom is 0.261 e. The summed E-state index contributed by atoms with van der Waals surface area (Å²) in [7, 11) is -1.16. The van der Waals surface area contributed by atoms with Gasteiger partial charge in [-0.1, -0.05) is 31.2 Å². The first-order chi connectivity index (χ1) is 19.0. The number of hydrogen-bond acceptors (Lipinski definition) is 6. The van der Waals surface area contributed by atoms with Crippen LogP contribution >= 0.6 is 11.6 Å². The second-order valence-electron chi connectivity index (χ2n) is 11.3. The van der Waals surface area contributed by atoms with E-state index in [1.807, 2.05) is 12.3 Å². The molecule has 40 heavy (non-hydrogen) atoms. The fraction of sp³-hybridized carbons (Fsp3) is 0.379. The van der Waals surface area contributed by atoms with Crippen molar-refractivity contribution in [1.82, 2.24) is 24.1 Å². The molecule has 1 aromatic carbocycles. The molecule has 0 bridgehead atoms. The third-order valence-electron chi connectivity index (χ3n) is 7.02. The minimum absolute atomic E-state index is 0.221. The van der Waals surface area contributed by atoms with Crippen molar-refractivity contribution in [1.29, 1.82) is 0 Å². The molecule has 0 N–H and O–H groups in total. The van der Waals surface area contributed by atoms with Crippen LogP contribution in [0.3, 0.4) is 0 Å². The van der Waals surface area contributed by atoms with Crippen molar-refractivity contribution in [2.45, 2.75) is 58.8 Å². The predicted molar refractivity (Wildman–Crippen MR) is 157 cm³/mol. The van der Waals surface area contributed by atoms with Crippen LogP contribution in [-0.4, -0.2) is 45.4 Å². The minimum atomic E-state index is -1.16. The summed E-state index contributed by atoms with van der Waals surface area (Å²) in [5.74, 6) is -0.537. The SMILES string of the molecule is Cc1nc2c(-c3ccc(Cl)cc3F)nc(C3=CC(c4cnn(COCC[Si](C)(C)C)c4)OCC3)cn2c(=O)c1C. The lowest BCUT2D eigenvalue weighted by Crippen LogP contribution is -2.22. The molecule has 5 rings (SSSR count). The van der Waals surface area contributed by atoms with Crippen molar-refractivity contribution < 1.29 is 13.9 Å². The zero-order chi connectivity index (χ0) is 28.6. The quantitative estimate of drug-likeness (QED) is 0.181. The largest absolute Gasteiger partial charge is 0.369 e. The van der Waals surface area contributed by atoms with E-state index in [1.165, 1.54) is 10.5 Å². The topological polar surface area (TPSA) is 83.5 Å². The van der Waals surface area contributed by atoms with Crippen LogP contribution in [0.1, 0.15) is 35.0 Å². The van der Waals surface area contributed by atoms with E-state index in [0.717, 1.165) is 17.2 Å². The van der Waals surface area contributed by atoms with Gasteiger partial charge in [0.25, 0.3) is 5.56 Å². The number of aryl methyl sites for hydroxylation is 1. The Morgan fingerprint density at radius 3 is 2.75 bits per heavy atom. The Morgan fingerprint density at radius 2 is 2.00 bits per heavy atom. The Balaban J connectivity index is 1.50. The molecule has 0 amide bonds. The van der Waals surface area contributed by atoms with E-state index in [-0.39, 0.29) is 33.6 Å². The summed E-state index contributed by atoms with van der Waals surface area (Å²) in [6.45, 7) is 12.0. The number of ether oxygens (including phenoxy) is 2. The molecule has 0 saturated carbocycles. The first-order valence-electron chi connectivity index (χ1n) is 13.3. The number of aromatic nitrogens is 5. The fourth-order valence-corrected chi connectivity index (χ4v) is 5.42. The molecule has 1 aliphatic rings. The number of fused-ring (bicyclic) bond motifs is 1. The van der Waals surface area contributed by atoms with Gasteiger partial charge in [0.2, 0.25) is 0 Å². The Kier molecular flexibility index (Phi) is 8.05. The third kappa shape index (κ3) is 6.10. The average molecular weight is 582 g/mol. The molecule has 0 aliphatic carbocycles. The monoisotopic (exact) mass is 581 g/mol. The first kappa shape index (κ1) is 28.3. The molecule has 0 fully saturated rings. The number of benzene rings is 1. The summed E-state index contributed by atoms with van der Waals surface area (Å²) in [5.41, 5.74) is 3.99. The highest BCUT2D eigenvalue weighted by Gasteiger charge is 2.23. The van der Waals surface area contributed by atoms with Gasteiger partial charge < -0.3 is 9.47 Å². The summed E-state index contributed by atoms with van der Waals surface area (Å²) in [6, 6.07) is 5.49. The molecule has 4 aromatic rings. The summed E-state index contributed by atoms with van der Waals surface area (Å²) < 4.78 is 30.2. The third-order valence-corrected chi connectivity index (χ3v) is 8.96. The summed E-state index contributed by atoms with van der Waals surface area (Å²) in [4.78, 5) is 22.7. The van der Waals surface area contributed by atoms with Gasteiger partial charge in [-0.2, -0.15) is 5.10 Å². The van der Waals surface area contributed by atoms with Gasteiger partial charge >= 0.3 is 0 Å². The molecule has 1 aliphatic heterocycles. The van der Waals surface area contributed by atoms with Crippen molar-refractivity contribution in [3.63, 3.8) is 0 Å². The second-order valence-corrected chi connectivity index (χ2v) is 17.4. The van der Waals surface area contributed by atoms with Gasteiger partial charge in [-0.3, -0.25) is 9.20 Å². The predicted octanol–water partition coefficient (Wildman–Crippen LogP) is 6.22. The molecular weight excluding hydrogens is 549 g/mol. The molecule has 8 nitrogen and oxygen atoms in total. The Labute approximate surface area is 238 Å². The van der Waals surface area contributed by atoms with E-state index in [9.17, 15) is 4.79 Å². The maximum atomic E-state index is 15.1. The molecule has 1 atom stereocenters. The second kappa shape index (κ2) is 11.4. The van der Waals surface area contributed by atoms with E-state index in [1.54, 1.807) is 43.1 Å². The van der Waals surface area contributed by atoms with Crippen LogP contribution in [0.15, 0.2) is 47.7 Å². The van der Waals surface area contributed by atoms with Crippen LogP contribution in [0, 0.1) is 19.7 Å². The Morgan fingerprint density at radius 1 is 1.20 bits per heavy atom. The molecule has 4 heterocycles. The molecule has 3 aromatic heterocycles. The van der Waals surface area contributed by atoms with Crippen LogP contribution in [0.4, 0.5) is 4.39 Å². The van der Waals surface area contributed by atoms with E-state index < -0.39 is 13.9 Å². The highest BCUT2D eigenvalue weighted by atomic mass is 35.5. The van der Waals surface area contributed by atoms with E-state index in [4.69, 9.17) is 26.1 Å². The lowest BCUT2D eigenvalue weighted by atomic mass is 10.0. The zero-order valence-electron chi connectivity index (χ0n) is 23.4. The highest BCUT2D eigenvalue weighted by molar-refractivity contribution is 6.76. The molecule has 0 radical (unpaired) electrons. The Hall–Kier alpha value is -3.18. The van der Waals surface area contributed by atoms with E-state index in [0.29, 0.717) is 43.3 Å². The van der Waals surface area contributed by atoms with E-state index in [2.05, 4.69) is 29.7 Å². The average Bonchev–Trinajstić information content (AvgIpc) is 3.38.